The second-order valence-electron chi connectivity index (χ2n) is 4.39. The van der Waals surface area contributed by atoms with E-state index < -0.39 is 0 Å². The molecule has 0 amide bonds. The molecule has 0 aromatic heterocycles. The topological polar surface area (TPSA) is 12.0 Å². The van der Waals surface area contributed by atoms with Gasteiger partial charge in [0.05, 0.1) is 0 Å². The Labute approximate surface area is 125 Å². The molecule has 0 heterocycles. The highest BCUT2D eigenvalue weighted by molar-refractivity contribution is 9.10. The molecule has 1 N–H and O–H groups in total. The summed E-state index contributed by atoms with van der Waals surface area (Å²) < 4.78 is 14.2. The smallest absolute Gasteiger partial charge is 0.123 e. The third-order valence-electron chi connectivity index (χ3n) is 2.96. The molecule has 2 rings (SSSR count). The fraction of sp³-hybridized carbons (Fsp3) is 0.200. The summed E-state index contributed by atoms with van der Waals surface area (Å²) in [6, 6.07) is 12.4. The van der Waals surface area contributed by atoms with Crippen LogP contribution in [0, 0.1) is 5.82 Å². The van der Waals surface area contributed by atoms with Crippen molar-refractivity contribution in [3.63, 3.8) is 0 Å². The number of nitrogens with one attached hydrogen (secondary N) is 1. The predicted octanol–water partition coefficient (Wildman–Crippen LogP) is 5.09. The zero-order valence-corrected chi connectivity index (χ0v) is 12.8. The summed E-state index contributed by atoms with van der Waals surface area (Å²) in [7, 11) is 0. The highest BCUT2D eigenvalue weighted by Crippen LogP contribution is 2.22. The van der Waals surface area contributed by atoms with Gasteiger partial charge in [-0.05, 0) is 48.4 Å². The summed E-state index contributed by atoms with van der Waals surface area (Å²) >= 11 is 9.46. The van der Waals surface area contributed by atoms with E-state index in [9.17, 15) is 4.39 Å². The first-order valence-corrected chi connectivity index (χ1v) is 7.16. The minimum atomic E-state index is -0.213. The molecule has 0 aliphatic rings. The van der Waals surface area contributed by atoms with Gasteiger partial charge in [-0.3, -0.25) is 0 Å². The van der Waals surface area contributed by atoms with Gasteiger partial charge in [0.15, 0.2) is 0 Å². The second kappa shape index (κ2) is 6.51. The molecule has 100 valence electrons. The molecule has 0 spiro atoms. The molecule has 0 aliphatic carbocycles. The van der Waals surface area contributed by atoms with Crippen molar-refractivity contribution in [2.75, 3.05) is 0 Å². The lowest BCUT2D eigenvalue weighted by Gasteiger charge is -2.15. The first-order chi connectivity index (χ1) is 9.06. The third kappa shape index (κ3) is 4.03. The molecule has 0 bridgehead atoms. The maximum Gasteiger partial charge on any atom is 0.123 e. The van der Waals surface area contributed by atoms with Crippen molar-refractivity contribution in [1.82, 2.24) is 5.32 Å². The van der Waals surface area contributed by atoms with Crippen LogP contribution in [0.3, 0.4) is 0 Å². The van der Waals surface area contributed by atoms with Crippen LogP contribution in [0.2, 0.25) is 5.02 Å². The quantitative estimate of drug-likeness (QED) is 0.816. The van der Waals surface area contributed by atoms with Crippen molar-refractivity contribution in [3.05, 3.63) is 68.9 Å². The molecular formula is C15H14BrClFN. The van der Waals surface area contributed by atoms with Gasteiger partial charge in [-0.15, -0.1) is 0 Å². The van der Waals surface area contributed by atoms with Crippen LogP contribution in [0.5, 0.6) is 0 Å². The number of rotatable bonds is 4. The van der Waals surface area contributed by atoms with Crippen LogP contribution < -0.4 is 5.32 Å². The Morgan fingerprint density at radius 2 is 2.05 bits per heavy atom. The highest BCUT2D eigenvalue weighted by Gasteiger charge is 2.07. The normalized spacial score (nSPS) is 12.4. The first-order valence-electron chi connectivity index (χ1n) is 5.99. The van der Waals surface area contributed by atoms with E-state index in [4.69, 9.17) is 11.6 Å². The standard InChI is InChI=1S/C15H14BrClFN/c1-10(11-3-2-4-14(18)8-11)19-9-12-7-13(17)5-6-15(12)16/h2-8,10,19H,9H2,1H3. The van der Waals surface area contributed by atoms with Crippen molar-refractivity contribution in [2.24, 2.45) is 0 Å². The van der Waals surface area contributed by atoms with Crippen molar-refractivity contribution < 1.29 is 4.39 Å². The summed E-state index contributed by atoms with van der Waals surface area (Å²) in [4.78, 5) is 0. The molecular weight excluding hydrogens is 329 g/mol. The van der Waals surface area contributed by atoms with E-state index in [1.165, 1.54) is 6.07 Å². The number of halogens is 3. The molecule has 1 unspecified atom stereocenters. The minimum absolute atomic E-state index is 0.0709. The van der Waals surface area contributed by atoms with E-state index in [0.29, 0.717) is 11.6 Å². The number of hydrogen-bond donors (Lipinski definition) is 1. The Hall–Kier alpha value is -0.900. The van der Waals surface area contributed by atoms with Crippen LogP contribution in [-0.2, 0) is 6.54 Å². The fourth-order valence-corrected chi connectivity index (χ4v) is 2.42. The Bertz CT molecular complexity index is 574. The largest absolute Gasteiger partial charge is 0.306 e. The molecule has 19 heavy (non-hydrogen) atoms. The molecule has 2 aromatic carbocycles. The Balaban J connectivity index is 2.04. The molecule has 0 saturated carbocycles. The van der Waals surface area contributed by atoms with Gasteiger partial charge < -0.3 is 5.32 Å². The van der Waals surface area contributed by atoms with Gasteiger partial charge in [0, 0.05) is 22.1 Å². The summed E-state index contributed by atoms with van der Waals surface area (Å²) in [6.07, 6.45) is 0. The summed E-state index contributed by atoms with van der Waals surface area (Å²) in [5.41, 5.74) is 2.01. The molecule has 1 nitrogen and oxygen atoms in total. The van der Waals surface area contributed by atoms with Crippen molar-refractivity contribution >= 4 is 27.5 Å². The average Bonchev–Trinajstić information content (AvgIpc) is 2.39. The average molecular weight is 343 g/mol. The SMILES string of the molecule is CC(NCc1cc(Cl)ccc1Br)c1cccc(F)c1. The first kappa shape index (κ1) is 14.5. The van der Waals surface area contributed by atoms with Gasteiger partial charge in [-0.25, -0.2) is 4.39 Å². The van der Waals surface area contributed by atoms with Crippen LogP contribution in [0.15, 0.2) is 46.9 Å². The Morgan fingerprint density at radius 3 is 2.79 bits per heavy atom. The lowest BCUT2D eigenvalue weighted by atomic mass is 10.1. The zero-order chi connectivity index (χ0) is 13.8. The van der Waals surface area contributed by atoms with Crippen LogP contribution in [0.4, 0.5) is 4.39 Å². The van der Waals surface area contributed by atoms with Gasteiger partial charge in [0.25, 0.3) is 0 Å². The number of hydrogen-bond acceptors (Lipinski definition) is 1. The molecule has 2 aromatic rings. The second-order valence-corrected chi connectivity index (χ2v) is 5.68. The van der Waals surface area contributed by atoms with E-state index in [1.807, 2.05) is 31.2 Å². The zero-order valence-electron chi connectivity index (χ0n) is 10.5. The summed E-state index contributed by atoms with van der Waals surface area (Å²) in [5.74, 6) is -0.213. The Kier molecular flexibility index (Phi) is 4.97. The van der Waals surface area contributed by atoms with E-state index in [0.717, 1.165) is 15.6 Å². The number of benzene rings is 2. The van der Waals surface area contributed by atoms with Crippen LogP contribution in [-0.4, -0.2) is 0 Å². The lowest BCUT2D eigenvalue weighted by Crippen LogP contribution is -2.18. The molecule has 0 fully saturated rings. The van der Waals surface area contributed by atoms with E-state index in [2.05, 4.69) is 21.2 Å². The van der Waals surface area contributed by atoms with Gasteiger partial charge >= 0.3 is 0 Å². The molecule has 0 saturated heterocycles. The van der Waals surface area contributed by atoms with Crippen LogP contribution in [0.25, 0.3) is 0 Å². The molecule has 0 aliphatic heterocycles. The third-order valence-corrected chi connectivity index (χ3v) is 3.96. The van der Waals surface area contributed by atoms with Crippen molar-refractivity contribution in [1.29, 1.82) is 0 Å². The monoisotopic (exact) mass is 341 g/mol. The lowest BCUT2D eigenvalue weighted by molar-refractivity contribution is 0.564. The minimum Gasteiger partial charge on any atom is -0.306 e. The van der Waals surface area contributed by atoms with Gasteiger partial charge in [0.1, 0.15) is 5.82 Å². The summed E-state index contributed by atoms with van der Waals surface area (Å²) in [6.45, 7) is 2.67. The molecule has 4 heteroatoms. The van der Waals surface area contributed by atoms with Gasteiger partial charge in [0.2, 0.25) is 0 Å². The molecule has 1 atom stereocenters. The Morgan fingerprint density at radius 1 is 1.26 bits per heavy atom. The fourth-order valence-electron chi connectivity index (χ4n) is 1.84. The van der Waals surface area contributed by atoms with E-state index in [-0.39, 0.29) is 11.9 Å². The van der Waals surface area contributed by atoms with E-state index in [1.54, 1.807) is 12.1 Å². The summed E-state index contributed by atoms with van der Waals surface area (Å²) in [5, 5.41) is 4.06. The van der Waals surface area contributed by atoms with Crippen LogP contribution >= 0.6 is 27.5 Å². The van der Waals surface area contributed by atoms with Gasteiger partial charge in [-0.1, -0.05) is 39.7 Å². The highest BCUT2D eigenvalue weighted by atomic mass is 79.9. The van der Waals surface area contributed by atoms with Crippen molar-refractivity contribution in [2.45, 2.75) is 19.5 Å². The maximum absolute atomic E-state index is 13.2. The predicted molar refractivity (Wildman–Crippen MR) is 80.8 cm³/mol. The van der Waals surface area contributed by atoms with Gasteiger partial charge in [-0.2, -0.15) is 0 Å². The maximum atomic E-state index is 13.2. The van der Waals surface area contributed by atoms with Crippen molar-refractivity contribution in [3.8, 4) is 0 Å². The van der Waals surface area contributed by atoms with Crippen LogP contribution in [0.1, 0.15) is 24.1 Å². The molecule has 0 radical (unpaired) electrons. The van der Waals surface area contributed by atoms with E-state index >= 15 is 0 Å².